The molecule has 1 N–H and O–H groups in total. The predicted octanol–water partition coefficient (Wildman–Crippen LogP) is 3.59. The van der Waals surface area contributed by atoms with Crippen molar-refractivity contribution in [3.05, 3.63) is 0 Å². The highest BCUT2D eigenvalue weighted by Crippen LogP contribution is 2.17. The quantitative estimate of drug-likeness (QED) is 0.621. The van der Waals surface area contributed by atoms with Gasteiger partial charge in [-0.05, 0) is 32.4 Å². The highest BCUT2D eigenvalue weighted by molar-refractivity contribution is 5.78. The summed E-state index contributed by atoms with van der Waals surface area (Å²) in [6.07, 6.45) is 13.2. The zero-order valence-corrected chi connectivity index (χ0v) is 13.6. The maximum atomic E-state index is 11.7. The van der Waals surface area contributed by atoms with Gasteiger partial charge in [0.2, 0.25) is 5.91 Å². The zero-order chi connectivity index (χ0) is 14.6. The molecule has 0 aromatic heterocycles. The first kappa shape index (κ1) is 17.5. The van der Waals surface area contributed by atoms with Crippen molar-refractivity contribution in [3.8, 4) is 0 Å². The summed E-state index contributed by atoms with van der Waals surface area (Å²) < 4.78 is 0. The van der Waals surface area contributed by atoms with E-state index in [-0.39, 0.29) is 11.8 Å². The molecule has 1 heterocycles. The van der Waals surface area contributed by atoms with Gasteiger partial charge >= 0.3 is 0 Å². The van der Waals surface area contributed by atoms with Crippen LogP contribution in [-0.2, 0) is 4.79 Å². The largest absolute Gasteiger partial charge is 0.359 e. The third kappa shape index (κ3) is 7.28. The van der Waals surface area contributed by atoms with Crippen LogP contribution in [0, 0.1) is 5.92 Å². The molecule has 1 amide bonds. The number of rotatable bonds is 10. The van der Waals surface area contributed by atoms with Gasteiger partial charge in [0.1, 0.15) is 0 Å². The third-order valence-corrected chi connectivity index (χ3v) is 4.45. The third-order valence-electron chi connectivity index (χ3n) is 4.45. The van der Waals surface area contributed by atoms with Crippen LogP contribution < -0.4 is 5.32 Å². The van der Waals surface area contributed by atoms with Gasteiger partial charge in [-0.15, -0.1) is 0 Å². The van der Waals surface area contributed by atoms with E-state index in [1.807, 2.05) is 0 Å². The van der Waals surface area contributed by atoms with E-state index in [4.69, 9.17) is 0 Å². The van der Waals surface area contributed by atoms with Crippen LogP contribution in [0.2, 0.25) is 0 Å². The van der Waals surface area contributed by atoms with Gasteiger partial charge < -0.3 is 10.2 Å². The monoisotopic (exact) mass is 282 g/mol. The van der Waals surface area contributed by atoms with Crippen molar-refractivity contribution < 1.29 is 4.79 Å². The van der Waals surface area contributed by atoms with Crippen LogP contribution >= 0.6 is 0 Å². The second-order valence-electron chi connectivity index (χ2n) is 6.23. The molecule has 1 rings (SSSR count). The van der Waals surface area contributed by atoms with Gasteiger partial charge in [-0.1, -0.05) is 51.9 Å². The number of nitrogens with zero attached hydrogens (tertiary/aromatic N) is 1. The van der Waals surface area contributed by atoms with Gasteiger partial charge in [0.05, 0.1) is 5.92 Å². The number of amides is 1. The fourth-order valence-corrected chi connectivity index (χ4v) is 3.15. The van der Waals surface area contributed by atoms with Gasteiger partial charge in [0.25, 0.3) is 0 Å². The zero-order valence-electron chi connectivity index (χ0n) is 13.6. The van der Waals surface area contributed by atoms with Crippen molar-refractivity contribution in [3.63, 3.8) is 0 Å². The summed E-state index contributed by atoms with van der Waals surface area (Å²) in [6.45, 7) is 5.60. The van der Waals surface area contributed by atoms with E-state index < -0.39 is 0 Å². The number of hydrogen-bond acceptors (Lipinski definition) is 2. The average molecular weight is 282 g/mol. The first-order valence-electron chi connectivity index (χ1n) is 8.72. The molecule has 3 nitrogen and oxygen atoms in total. The first-order valence-corrected chi connectivity index (χ1v) is 8.72. The summed E-state index contributed by atoms with van der Waals surface area (Å²) in [4.78, 5) is 14.2. The van der Waals surface area contributed by atoms with Crippen molar-refractivity contribution in [2.24, 2.45) is 5.92 Å². The van der Waals surface area contributed by atoms with E-state index in [1.165, 1.54) is 70.9 Å². The molecule has 3 heteroatoms. The molecule has 0 unspecified atom stereocenters. The van der Waals surface area contributed by atoms with Gasteiger partial charge in [-0.2, -0.15) is 0 Å². The molecule has 1 atom stereocenters. The molecule has 0 aromatic rings. The number of likely N-dealkylation sites (tertiary alicyclic amines) is 1. The Morgan fingerprint density at radius 1 is 1.10 bits per heavy atom. The number of hydrogen-bond donors (Lipinski definition) is 1. The molecule has 0 saturated carbocycles. The molecular weight excluding hydrogens is 248 g/mol. The Balaban J connectivity index is 2.00. The van der Waals surface area contributed by atoms with Gasteiger partial charge in [0, 0.05) is 13.6 Å². The highest BCUT2D eigenvalue weighted by Gasteiger charge is 2.24. The van der Waals surface area contributed by atoms with Gasteiger partial charge in [-0.25, -0.2) is 0 Å². The molecule has 0 spiro atoms. The highest BCUT2D eigenvalue weighted by atomic mass is 16.1. The second-order valence-corrected chi connectivity index (χ2v) is 6.23. The second kappa shape index (κ2) is 11.1. The summed E-state index contributed by atoms with van der Waals surface area (Å²) in [5.74, 6) is 0.452. The Hall–Kier alpha value is -0.570. The van der Waals surface area contributed by atoms with Crippen molar-refractivity contribution in [2.75, 3.05) is 26.7 Å². The van der Waals surface area contributed by atoms with Crippen LogP contribution in [0.25, 0.3) is 0 Å². The van der Waals surface area contributed by atoms with Crippen molar-refractivity contribution >= 4 is 5.91 Å². The minimum atomic E-state index is 0.225. The fourth-order valence-electron chi connectivity index (χ4n) is 3.15. The average Bonchev–Trinajstić information content (AvgIpc) is 2.49. The molecule has 0 bridgehead atoms. The Labute approximate surface area is 125 Å². The molecule has 0 aliphatic carbocycles. The normalized spacial score (nSPS) is 20.0. The number of nitrogens with one attached hydrogen (secondary N) is 1. The maximum absolute atomic E-state index is 11.7. The van der Waals surface area contributed by atoms with Crippen LogP contribution in [0.1, 0.15) is 71.1 Å². The number of unbranched alkanes of at least 4 members (excludes halogenated alkanes) is 7. The standard InChI is InChI=1S/C17H34N2O/c1-3-4-5-6-7-8-9-10-13-19-14-11-12-16(15-19)17(20)18-2/h16H,3-15H2,1-2H3,(H,18,20)/t16-/m1/s1. The molecule has 0 aromatic carbocycles. The lowest BCUT2D eigenvalue weighted by Crippen LogP contribution is -2.42. The summed E-state index contributed by atoms with van der Waals surface area (Å²) >= 11 is 0. The molecule has 1 aliphatic heterocycles. The predicted molar refractivity (Wildman–Crippen MR) is 85.8 cm³/mol. The lowest BCUT2D eigenvalue weighted by molar-refractivity contribution is -0.126. The molecule has 1 saturated heterocycles. The molecule has 20 heavy (non-hydrogen) atoms. The van der Waals surface area contributed by atoms with E-state index in [1.54, 1.807) is 7.05 Å². The summed E-state index contributed by atoms with van der Waals surface area (Å²) in [6, 6.07) is 0. The molecule has 118 valence electrons. The van der Waals surface area contributed by atoms with Crippen LogP contribution in [0.4, 0.5) is 0 Å². The van der Waals surface area contributed by atoms with E-state index >= 15 is 0 Å². The van der Waals surface area contributed by atoms with Crippen LogP contribution in [0.5, 0.6) is 0 Å². The fraction of sp³-hybridized carbons (Fsp3) is 0.941. The van der Waals surface area contributed by atoms with Crippen LogP contribution in [0.15, 0.2) is 0 Å². The smallest absolute Gasteiger partial charge is 0.224 e. The Kier molecular flexibility index (Phi) is 9.73. The SMILES string of the molecule is CCCCCCCCCCN1CCC[C@@H](C(=O)NC)C1. The lowest BCUT2D eigenvalue weighted by atomic mass is 9.97. The van der Waals surface area contributed by atoms with Crippen molar-refractivity contribution in [1.29, 1.82) is 0 Å². The molecule has 0 radical (unpaired) electrons. The summed E-state index contributed by atoms with van der Waals surface area (Å²) in [5, 5.41) is 2.79. The molecular formula is C17H34N2O. The summed E-state index contributed by atoms with van der Waals surface area (Å²) in [5.41, 5.74) is 0. The topological polar surface area (TPSA) is 32.3 Å². The maximum Gasteiger partial charge on any atom is 0.224 e. The van der Waals surface area contributed by atoms with E-state index in [2.05, 4.69) is 17.1 Å². The van der Waals surface area contributed by atoms with Crippen LogP contribution in [0.3, 0.4) is 0 Å². The van der Waals surface area contributed by atoms with Crippen molar-refractivity contribution in [2.45, 2.75) is 71.1 Å². The summed E-state index contributed by atoms with van der Waals surface area (Å²) in [7, 11) is 1.75. The minimum Gasteiger partial charge on any atom is -0.359 e. The van der Waals surface area contributed by atoms with Gasteiger partial charge in [0.15, 0.2) is 0 Å². The Morgan fingerprint density at radius 3 is 2.40 bits per heavy atom. The number of piperidine rings is 1. The van der Waals surface area contributed by atoms with E-state index in [0.717, 1.165) is 13.0 Å². The number of carbonyl (C=O) groups is 1. The lowest BCUT2D eigenvalue weighted by Gasteiger charge is -2.31. The molecule has 1 fully saturated rings. The minimum absolute atomic E-state index is 0.225. The van der Waals surface area contributed by atoms with E-state index in [9.17, 15) is 4.79 Å². The van der Waals surface area contributed by atoms with E-state index in [0.29, 0.717) is 0 Å². The molecule has 1 aliphatic rings. The van der Waals surface area contributed by atoms with Crippen molar-refractivity contribution in [1.82, 2.24) is 10.2 Å². The Bertz CT molecular complexity index is 255. The van der Waals surface area contributed by atoms with Gasteiger partial charge in [-0.3, -0.25) is 4.79 Å². The van der Waals surface area contributed by atoms with Crippen LogP contribution in [-0.4, -0.2) is 37.5 Å². The number of carbonyl (C=O) groups excluding carboxylic acids is 1. The Morgan fingerprint density at radius 2 is 1.75 bits per heavy atom. The first-order chi connectivity index (χ1) is 9.77.